The van der Waals surface area contributed by atoms with E-state index in [9.17, 15) is 9.59 Å². The maximum atomic E-state index is 12.3. The summed E-state index contributed by atoms with van der Waals surface area (Å²) in [5.41, 5.74) is 11.0. The highest BCUT2D eigenvalue weighted by atomic mass is 16.2. The van der Waals surface area contributed by atoms with Gasteiger partial charge in [0.05, 0.1) is 0 Å². The van der Waals surface area contributed by atoms with Gasteiger partial charge >= 0.3 is 5.69 Å². The summed E-state index contributed by atoms with van der Waals surface area (Å²) in [6.07, 6.45) is 5.10. The van der Waals surface area contributed by atoms with E-state index in [1.54, 1.807) is 0 Å². The van der Waals surface area contributed by atoms with Crippen molar-refractivity contribution >= 4 is 11.6 Å². The van der Waals surface area contributed by atoms with Crippen LogP contribution in [0.1, 0.15) is 36.2 Å². The van der Waals surface area contributed by atoms with Crippen LogP contribution in [0.3, 0.4) is 0 Å². The van der Waals surface area contributed by atoms with Crippen molar-refractivity contribution in [2.45, 2.75) is 25.7 Å². The van der Waals surface area contributed by atoms with E-state index in [4.69, 9.17) is 11.5 Å². The molecule has 11 nitrogen and oxygen atoms in total. The monoisotopic (exact) mass is 379 g/mol. The van der Waals surface area contributed by atoms with E-state index in [1.807, 2.05) is 0 Å². The molecule has 0 spiro atoms. The van der Waals surface area contributed by atoms with Crippen molar-refractivity contribution in [3.63, 3.8) is 0 Å². The Labute approximate surface area is 157 Å². The van der Waals surface area contributed by atoms with Gasteiger partial charge in [-0.25, -0.2) is 14.2 Å². The Hall–Kier alpha value is -2.37. The average Bonchev–Trinajstić information content (AvgIpc) is 3.10. The zero-order chi connectivity index (χ0) is 19.6. The van der Waals surface area contributed by atoms with Crippen molar-refractivity contribution < 1.29 is 4.79 Å². The summed E-state index contributed by atoms with van der Waals surface area (Å²) in [5, 5.41) is 10.4. The third-order valence-corrected chi connectivity index (χ3v) is 4.26. The molecule has 2 rings (SSSR count). The van der Waals surface area contributed by atoms with Crippen LogP contribution in [0.2, 0.25) is 0 Å². The Kier molecular flexibility index (Phi) is 8.30. The van der Waals surface area contributed by atoms with E-state index in [0.717, 1.165) is 50.0 Å². The van der Waals surface area contributed by atoms with Crippen LogP contribution in [0, 0.1) is 0 Å². The summed E-state index contributed by atoms with van der Waals surface area (Å²) in [6.45, 7) is 4.67. The Bertz CT molecular complexity index is 786. The highest BCUT2D eigenvalue weighted by molar-refractivity contribution is 5.97. The first-order valence-corrected chi connectivity index (χ1v) is 9.26. The summed E-state index contributed by atoms with van der Waals surface area (Å²) in [4.78, 5) is 30.6. The SMILES string of the molecule is Cn1nnc2c(C(=O)NCCCN(CCCN)CCCCN)ncn2c1=O. The second-order valence-electron chi connectivity index (χ2n) is 6.37. The van der Waals surface area contributed by atoms with Crippen LogP contribution in [-0.4, -0.2) is 74.5 Å². The highest BCUT2D eigenvalue weighted by Gasteiger charge is 2.16. The quantitative estimate of drug-likeness (QED) is 0.371. The molecule has 2 aromatic heterocycles. The van der Waals surface area contributed by atoms with E-state index in [0.29, 0.717) is 19.6 Å². The molecule has 0 bridgehead atoms. The van der Waals surface area contributed by atoms with Crippen LogP contribution in [0.4, 0.5) is 0 Å². The lowest BCUT2D eigenvalue weighted by Crippen LogP contribution is -2.32. The molecule has 0 saturated carbocycles. The Morgan fingerprint density at radius 1 is 1.15 bits per heavy atom. The summed E-state index contributed by atoms with van der Waals surface area (Å²) >= 11 is 0. The number of nitrogens with two attached hydrogens (primary N) is 2. The number of unbranched alkanes of at least 4 members (excludes halogenated alkanes) is 1. The van der Waals surface area contributed by atoms with E-state index in [2.05, 4.69) is 25.5 Å². The number of hydrogen-bond acceptors (Lipinski definition) is 8. The van der Waals surface area contributed by atoms with Crippen molar-refractivity contribution in [1.29, 1.82) is 0 Å². The molecule has 2 heterocycles. The van der Waals surface area contributed by atoms with Gasteiger partial charge in [0.25, 0.3) is 5.91 Å². The molecule has 0 unspecified atom stereocenters. The molecule has 2 aromatic rings. The van der Waals surface area contributed by atoms with Gasteiger partial charge in [-0.05, 0) is 58.4 Å². The Morgan fingerprint density at radius 2 is 1.85 bits per heavy atom. The predicted molar refractivity (Wildman–Crippen MR) is 101 cm³/mol. The van der Waals surface area contributed by atoms with Gasteiger partial charge in [-0.3, -0.25) is 4.79 Å². The second-order valence-corrected chi connectivity index (χ2v) is 6.37. The zero-order valence-corrected chi connectivity index (χ0v) is 15.8. The molecular weight excluding hydrogens is 350 g/mol. The Balaban J connectivity index is 1.84. The van der Waals surface area contributed by atoms with Crippen LogP contribution >= 0.6 is 0 Å². The minimum atomic E-state index is -0.403. The number of carbonyl (C=O) groups excluding carboxylic acids is 1. The minimum absolute atomic E-state index is 0.100. The molecule has 1 amide bonds. The lowest BCUT2D eigenvalue weighted by molar-refractivity contribution is 0.0948. The van der Waals surface area contributed by atoms with Crippen molar-refractivity contribution in [3.05, 3.63) is 22.5 Å². The molecule has 150 valence electrons. The molecular formula is C16H29N9O2. The van der Waals surface area contributed by atoms with Gasteiger partial charge in [-0.15, -0.1) is 5.10 Å². The number of fused-ring (bicyclic) bond motifs is 1. The molecule has 0 fully saturated rings. The first-order valence-electron chi connectivity index (χ1n) is 9.26. The molecule has 0 saturated heterocycles. The molecule has 0 aliphatic heterocycles. The number of aromatic nitrogens is 5. The number of amides is 1. The molecule has 27 heavy (non-hydrogen) atoms. The maximum Gasteiger partial charge on any atom is 0.352 e. The zero-order valence-electron chi connectivity index (χ0n) is 15.8. The van der Waals surface area contributed by atoms with Gasteiger partial charge in [-0.1, -0.05) is 5.21 Å². The normalized spacial score (nSPS) is 11.4. The molecule has 0 aliphatic rings. The van der Waals surface area contributed by atoms with E-state index < -0.39 is 5.69 Å². The lowest BCUT2D eigenvalue weighted by atomic mass is 10.2. The van der Waals surface area contributed by atoms with E-state index in [-0.39, 0.29) is 17.2 Å². The summed E-state index contributed by atoms with van der Waals surface area (Å²) < 4.78 is 2.28. The van der Waals surface area contributed by atoms with Crippen LogP contribution in [0.15, 0.2) is 11.1 Å². The van der Waals surface area contributed by atoms with Crippen molar-refractivity contribution in [3.8, 4) is 0 Å². The fourth-order valence-electron chi connectivity index (χ4n) is 2.76. The molecule has 0 radical (unpaired) electrons. The molecule has 5 N–H and O–H groups in total. The van der Waals surface area contributed by atoms with Gasteiger partial charge in [0, 0.05) is 13.6 Å². The molecule has 0 aliphatic carbocycles. The number of imidazole rings is 1. The number of hydrogen-bond donors (Lipinski definition) is 3. The number of nitrogens with zero attached hydrogens (tertiary/aromatic N) is 6. The third kappa shape index (κ3) is 5.81. The fraction of sp³-hybridized carbons (Fsp3) is 0.688. The first kappa shape index (κ1) is 20.9. The number of rotatable bonds is 12. The van der Waals surface area contributed by atoms with Crippen molar-refractivity contribution in [1.82, 2.24) is 34.6 Å². The minimum Gasteiger partial charge on any atom is -0.351 e. The molecule has 0 atom stereocenters. The fourth-order valence-corrected chi connectivity index (χ4v) is 2.76. The van der Waals surface area contributed by atoms with Gasteiger partial charge in [-0.2, -0.15) is 4.68 Å². The maximum absolute atomic E-state index is 12.3. The summed E-state index contributed by atoms with van der Waals surface area (Å²) in [7, 11) is 1.48. The molecule has 11 heteroatoms. The number of aryl methyl sites for hydroxylation is 1. The number of nitrogens with one attached hydrogen (secondary N) is 1. The first-order chi connectivity index (χ1) is 13.1. The van der Waals surface area contributed by atoms with Crippen LogP contribution in [-0.2, 0) is 7.05 Å². The summed E-state index contributed by atoms with van der Waals surface area (Å²) in [6, 6.07) is 0. The summed E-state index contributed by atoms with van der Waals surface area (Å²) in [5.74, 6) is -0.364. The van der Waals surface area contributed by atoms with Crippen LogP contribution in [0.5, 0.6) is 0 Å². The van der Waals surface area contributed by atoms with Crippen LogP contribution < -0.4 is 22.5 Å². The largest absolute Gasteiger partial charge is 0.352 e. The lowest BCUT2D eigenvalue weighted by Gasteiger charge is -2.22. The molecule has 0 aromatic carbocycles. The third-order valence-electron chi connectivity index (χ3n) is 4.26. The number of carbonyl (C=O) groups is 1. The predicted octanol–water partition coefficient (Wildman–Crippen LogP) is -1.67. The second kappa shape index (κ2) is 10.7. The van der Waals surface area contributed by atoms with Gasteiger partial charge in [0.1, 0.15) is 6.33 Å². The smallest absolute Gasteiger partial charge is 0.351 e. The van der Waals surface area contributed by atoms with E-state index in [1.165, 1.54) is 17.8 Å². The van der Waals surface area contributed by atoms with Crippen molar-refractivity contribution in [2.24, 2.45) is 18.5 Å². The van der Waals surface area contributed by atoms with Crippen LogP contribution in [0.25, 0.3) is 5.65 Å². The topological polar surface area (TPSA) is 149 Å². The highest BCUT2D eigenvalue weighted by Crippen LogP contribution is 2.03. The van der Waals surface area contributed by atoms with Crippen molar-refractivity contribution in [2.75, 3.05) is 39.3 Å². The van der Waals surface area contributed by atoms with Gasteiger partial charge in [0.15, 0.2) is 11.3 Å². The van der Waals surface area contributed by atoms with E-state index >= 15 is 0 Å². The average molecular weight is 379 g/mol. The van der Waals surface area contributed by atoms with Gasteiger partial charge < -0.3 is 21.7 Å². The standard InChI is InChI=1S/C16H29N9O2/c1-23-16(27)25-12-20-13(14(25)21-22-23)15(26)19-8-5-11-24(10-4-7-18)9-3-2-6-17/h12H,2-11,17-18H2,1H3,(H,19,26). The van der Waals surface area contributed by atoms with Gasteiger partial charge in [0.2, 0.25) is 0 Å². The Morgan fingerprint density at radius 3 is 2.59 bits per heavy atom.